The zero-order valence-corrected chi connectivity index (χ0v) is 19.6. The van der Waals surface area contributed by atoms with E-state index in [0.717, 1.165) is 18.4 Å². The monoisotopic (exact) mass is 464 g/mol. The molecule has 0 spiro atoms. The maximum Gasteiger partial charge on any atom is 0.242 e. The van der Waals surface area contributed by atoms with E-state index >= 15 is 0 Å². The molecule has 0 saturated carbocycles. The molecule has 0 aliphatic rings. The van der Waals surface area contributed by atoms with Crippen LogP contribution < -0.4 is 5.32 Å². The number of thioether (sulfide) groups is 1. The molecule has 0 aromatic heterocycles. The molecule has 2 aromatic carbocycles. The first-order valence-corrected chi connectivity index (χ1v) is 12.1. The van der Waals surface area contributed by atoms with Crippen LogP contribution in [0.5, 0.6) is 0 Å². The fraction of sp³-hybridized carbons (Fsp3) is 0.417. The van der Waals surface area contributed by atoms with Crippen molar-refractivity contribution in [1.29, 1.82) is 0 Å². The number of benzene rings is 2. The van der Waals surface area contributed by atoms with Crippen molar-refractivity contribution in [1.82, 2.24) is 10.2 Å². The van der Waals surface area contributed by atoms with Crippen molar-refractivity contribution in [3.63, 3.8) is 0 Å². The van der Waals surface area contributed by atoms with Gasteiger partial charge in [0.1, 0.15) is 11.9 Å². The highest BCUT2D eigenvalue weighted by Crippen LogP contribution is 2.24. The molecule has 2 rings (SSSR count). The summed E-state index contributed by atoms with van der Waals surface area (Å²) in [5.74, 6) is -0.243. The Morgan fingerprint density at radius 3 is 2.58 bits per heavy atom. The lowest BCUT2D eigenvalue weighted by atomic mass is 10.1. The highest BCUT2D eigenvalue weighted by Gasteiger charge is 2.25. The molecule has 2 aromatic rings. The van der Waals surface area contributed by atoms with Gasteiger partial charge in [-0.3, -0.25) is 9.59 Å². The van der Waals surface area contributed by atoms with Gasteiger partial charge >= 0.3 is 0 Å². The number of hydrogen-bond donors (Lipinski definition) is 1. The van der Waals surface area contributed by atoms with Crippen molar-refractivity contribution in [2.45, 2.75) is 44.9 Å². The maximum absolute atomic E-state index is 14.0. The van der Waals surface area contributed by atoms with E-state index in [1.165, 1.54) is 17.8 Å². The Morgan fingerprint density at radius 2 is 1.90 bits per heavy atom. The second kappa shape index (κ2) is 13.4. The van der Waals surface area contributed by atoms with Gasteiger partial charge in [0.05, 0.1) is 5.75 Å². The minimum absolute atomic E-state index is 0.145. The molecule has 0 heterocycles. The number of unbranched alkanes of at least 4 members (excludes halogenated alkanes) is 1. The number of rotatable bonds is 12. The van der Waals surface area contributed by atoms with Crippen LogP contribution in [0.4, 0.5) is 4.39 Å². The first-order valence-electron chi connectivity index (χ1n) is 10.6. The largest absolute Gasteiger partial charge is 0.354 e. The fourth-order valence-corrected chi connectivity index (χ4v) is 4.35. The van der Waals surface area contributed by atoms with E-state index in [1.807, 2.05) is 30.3 Å². The molecule has 2 amide bonds. The van der Waals surface area contributed by atoms with Crippen molar-refractivity contribution in [3.05, 3.63) is 70.5 Å². The number of amides is 2. The summed E-state index contributed by atoms with van der Waals surface area (Å²) in [6.07, 6.45) is 2.54. The van der Waals surface area contributed by atoms with Crippen molar-refractivity contribution >= 4 is 35.2 Å². The third-order valence-electron chi connectivity index (χ3n) is 5.01. The van der Waals surface area contributed by atoms with Gasteiger partial charge < -0.3 is 10.2 Å². The number of hydrogen-bond acceptors (Lipinski definition) is 3. The highest BCUT2D eigenvalue weighted by atomic mass is 35.5. The Morgan fingerprint density at radius 1 is 1.16 bits per heavy atom. The Kier molecular flexibility index (Phi) is 10.9. The molecule has 168 valence electrons. The number of nitrogens with zero attached hydrogens (tertiary/aromatic N) is 1. The van der Waals surface area contributed by atoms with Crippen LogP contribution in [-0.4, -0.2) is 41.6 Å². The lowest BCUT2D eigenvalue weighted by Crippen LogP contribution is -2.49. The van der Waals surface area contributed by atoms with Crippen LogP contribution in [0.3, 0.4) is 0 Å². The summed E-state index contributed by atoms with van der Waals surface area (Å²) < 4.78 is 14.0. The second-order valence-corrected chi connectivity index (χ2v) is 8.73. The topological polar surface area (TPSA) is 49.4 Å². The summed E-state index contributed by atoms with van der Waals surface area (Å²) >= 11 is 7.37. The van der Waals surface area contributed by atoms with E-state index in [4.69, 9.17) is 11.6 Å². The van der Waals surface area contributed by atoms with Crippen LogP contribution in [0, 0.1) is 5.82 Å². The van der Waals surface area contributed by atoms with E-state index in [0.29, 0.717) is 35.8 Å². The third-order valence-corrected chi connectivity index (χ3v) is 6.31. The number of carbonyl (C=O) groups is 2. The van der Waals surface area contributed by atoms with Gasteiger partial charge in [-0.05, 0) is 37.5 Å². The van der Waals surface area contributed by atoms with E-state index < -0.39 is 6.04 Å². The second-order valence-electron chi connectivity index (χ2n) is 7.34. The lowest BCUT2D eigenvalue weighted by Gasteiger charge is -2.28. The van der Waals surface area contributed by atoms with Crippen LogP contribution in [0.15, 0.2) is 48.5 Å². The molecule has 0 bridgehead atoms. The van der Waals surface area contributed by atoms with Crippen molar-refractivity contribution < 1.29 is 14.0 Å². The molecule has 1 N–H and O–H groups in total. The molecule has 0 saturated heterocycles. The molecular formula is C24H30ClFN2O2S. The van der Waals surface area contributed by atoms with E-state index in [2.05, 4.69) is 12.2 Å². The van der Waals surface area contributed by atoms with Crippen LogP contribution in [0.2, 0.25) is 5.02 Å². The standard InChI is InChI=1S/C24H30ClFN2O2S/c1-3-4-14-27-24(30)18(2)28(15-13-19-9-6-5-7-10-19)23(29)17-31-16-20-21(25)11-8-12-22(20)26/h5-12,18H,3-4,13-17H2,1-2H3,(H,27,30)/t18-/m0/s1. The van der Waals surface area contributed by atoms with Crippen LogP contribution in [-0.2, 0) is 21.8 Å². The maximum atomic E-state index is 14.0. The van der Waals surface area contributed by atoms with Gasteiger partial charge in [-0.25, -0.2) is 4.39 Å². The van der Waals surface area contributed by atoms with Crippen molar-refractivity contribution in [3.8, 4) is 0 Å². The predicted octanol–water partition coefficient (Wildman–Crippen LogP) is 5.09. The number of halogens is 2. The molecule has 0 radical (unpaired) electrons. The quantitative estimate of drug-likeness (QED) is 0.445. The molecule has 0 unspecified atom stereocenters. The summed E-state index contributed by atoms with van der Waals surface area (Å²) in [6, 6.07) is 13.8. The Bertz CT molecular complexity index is 830. The summed E-state index contributed by atoms with van der Waals surface area (Å²) in [4.78, 5) is 27.2. The SMILES string of the molecule is CCCCNC(=O)[C@H](C)N(CCc1ccccc1)C(=O)CSCc1c(F)cccc1Cl. The fourth-order valence-electron chi connectivity index (χ4n) is 3.10. The van der Waals surface area contributed by atoms with Gasteiger partial charge in [0.15, 0.2) is 0 Å². The molecule has 0 fully saturated rings. The predicted molar refractivity (Wildman–Crippen MR) is 127 cm³/mol. The van der Waals surface area contributed by atoms with Crippen molar-refractivity contribution in [2.75, 3.05) is 18.8 Å². The average molecular weight is 465 g/mol. The zero-order valence-electron chi connectivity index (χ0n) is 18.1. The number of carbonyl (C=O) groups excluding carboxylic acids is 2. The van der Waals surface area contributed by atoms with Gasteiger partial charge in [0.25, 0.3) is 0 Å². The van der Waals surface area contributed by atoms with E-state index in [9.17, 15) is 14.0 Å². The normalized spacial score (nSPS) is 11.7. The van der Waals surface area contributed by atoms with Gasteiger partial charge in [-0.2, -0.15) is 0 Å². The summed E-state index contributed by atoms with van der Waals surface area (Å²) in [6.45, 7) is 4.85. The average Bonchev–Trinajstić information content (AvgIpc) is 2.76. The molecular weight excluding hydrogens is 435 g/mol. The summed E-state index contributed by atoms with van der Waals surface area (Å²) in [5, 5.41) is 3.26. The number of nitrogens with one attached hydrogen (secondary N) is 1. The molecule has 31 heavy (non-hydrogen) atoms. The van der Waals surface area contributed by atoms with Crippen molar-refractivity contribution in [2.24, 2.45) is 0 Å². The highest BCUT2D eigenvalue weighted by molar-refractivity contribution is 7.99. The van der Waals surface area contributed by atoms with Crippen LogP contribution >= 0.6 is 23.4 Å². The van der Waals surface area contributed by atoms with Gasteiger partial charge in [0, 0.05) is 29.4 Å². The minimum Gasteiger partial charge on any atom is -0.354 e. The molecule has 1 atom stereocenters. The smallest absolute Gasteiger partial charge is 0.242 e. The third kappa shape index (κ3) is 8.19. The minimum atomic E-state index is -0.578. The van der Waals surface area contributed by atoms with Crippen LogP contribution in [0.25, 0.3) is 0 Å². The Balaban J connectivity index is 2.01. The lowest BCUT2D eigenvalue weighted by molar-refractivity contribution is -0.137. The van der Waals surface area contributed by atoms with Crippen LogP contribution in [0.1, 0.15) is 37.8 Å². The summed E-state index contributed by atoms with van der Waals surface area (Å²) in [5.41, 5.74) is 1.49. The molecule has 4 nitrogen and oxygen atoms in total. The molecule has 0 aliphatic carbocycles. The molecule has 7 heteroatoms. The van der Waals surface area contributed by atoms with E-state index in [-0.39, 0.29) is 23.4 Å². The van der Waals surface area contributed by atoms with E-state index in [1.54, 1.807) is 24.0 Å². The summed E-state index contributed by atoms with van der Waals surface area (Å²) in [7, 11) is 0. The van der Waals surface area contributed by atoms with Gasteiger partial charge in [0.2, 0.25) is 11.8 Å². The first-order chi connectivity index (χ1) is 14.9. The zero-order chi connectivity index (χ0) is 22.6. The molecule has 0 aliphatic heterocycles. The first kappa shape index (κ1) is 25.2. The van der Waals surface area contributed by atoms with Gasteiger partial charge in [-0.15, -0.1) is 11.8 Å². The Hall–Kier alpha value is -2.05. The Labute approximate surface area is 193 Å². The van der Waals surface area contributed by atoms with Gasteiger partial charge in [-0.1, -0.05) is 61.3 Å².